The van der Waals surface area contributed by atoms with Crippen LogP contribution in [0.5, 0.6) is 11.5 Å². The first-order valence-electron chi connectivity index (χ1n) is 7.63. The molecule has 0 saturated carbocycles. The Kier molecular flexibility index (Phi) is 5.30. The molecular formula is C17H16N2O5S. The Labute approximate surface area is 148 Å². The predicted molar refractivity (Wildman–Crippen MR) is 92.7 cm³/mol. The van der Waals surface area contributed by atoms with E-state index >= 15 is 0 Å². The van der Waals surface area contributed by atoms with Crippen molar-refractivity contribution < 1.29 is 23.8 Å². The summed E-state index contributed by atoms with van der Waals surface area (Å²) >= 11 is 1.25. The van der Waals surface area contributed by atoms with Crippen molar-refractivity contribution in [3.05, 3.63) is 40.9 Å². The fraction of sp³-hybridized carbons (Fsp3) is 0.235. The van der Waals surface area contributed by atoms with Crippen LogP contribution in [0.15, 0.2) is 29.7 Å². The van der Waals surface area contributed by atoms with Gasteiger partial charge in [0.25, 0.3) is 0 Å². The summed E-state index contributed by atoms with van der Waals surface area (Å²) in [6.45, 7) is 2.29. The molecule has 0 fully saturated rings. The molecule has 3 rings (SSSR count). The third kappa shape index (κ3) is 4.57. The topological polar surface area (TPSA) is 86.8 Å². The predicted octanol–water partition coefficient (Wildman–Crippen LogP) is 2.63. The Hall–Kier alpha value is -2.87. The van der Waals surface area contributed by atoms with E-state index in [0.717, 1.165) is 5.56 Å². The lowest BCUT2D eigenvalue weighted by Gasteiger charge is -1.99. The SMILES string of the molecule is CCOC(=O)Cc1csc(NC(=O)/C=C/c2ccc3c(c2)OCO3)n1. The van der Waals surface area contributed by atoms with Crippen LogP contribution in [0, 0.1) is 0 Å². The van der Waals surface area contributed by atoms with Crippen molar-refractivity contribution in [1.82, 2.24) is 4.98 Å². The number of hydrogen-bond acceptors (Lipinski definition) is 7. The summed E-state index contributed by atoms with van der Waals surface area (Å²) in [4.78, 5) is 27.6. The summed E-state index contributed by atoms with van der Waals surface area (Å²) in [6.07, 6.45) is 3.17. The van der Waals surface area contributed by atoms with Gasteiger partial charge < -0.3 is 14.2 Å². The number of carbonyl (C=O) groups is 2. The largest absolute Gasteiger partial charge is 0.466 e. The van der Waals surface area contributed by atoms with Crippen molar-refractivity contribution in [1.29, 1.82) is 0 Å². The highest BCUT2D eigenvalue weighted by molar-refractivity contribution is 7.14. The molecule has 0 aliphatic carbocycles. The molecule has 0 radical (unpaired) electrons. The molecule has 1 aromatic heterocycles. The Balaban J connectivity index is 1.55. The van der Waals surface area contributed by atoms with Crippen LogP contribution in [0.2, 0.25) is 0 Å². The van der Waals surface area contributed by atoms with Gasteiger partial charge >= 0.3 is 5.97 Å². The number of benzene rings is 1. The number of nitrogens with one attached hydrogen (secondary N) is 1. The van der Waals surface area contributed by atoms with E-state index in [4.69, 9.17) is 14.2 Å². The van der Waals surface area contributed by atoms with E-state index in [9.17, 15) is 9.59 Å². The van der Waals surface area contributed by atoms with Crippen molar-refractivity contribution in [2.24, 2.45) is 0 Å². The van der Waals surface area contributed by atoms with Gasteiger partial charge in [0, 0.05) is 11.5 Å². The van der Waals surface area contributed by atoms with Crippen LogP contribution < -0.4 is 14.8 Å². The Morgan fingerprint density at radius 3 is 3.04 bits per heavy atom. The number of esters is 1. The molecule has 1 aliphatic rings. The van der Waals surface area contributed by atoms with E-state index < -0.39 is 0 Å². The average Bonchev–Trinajstić information content (AvgIpc) is 3.22. The Morgan fingerprint density at radius 2 is 2.20 bits per heavy atom. The van der Waals surface area contributed by atoms with Crippen LogP contribution in [0.3, 0.4) is 0 Å². The van der Waals surface area contributed by atoms with E-state index in [2.05, 4.69) is 10.3 Å². The van der Waals surface area contributed by atoms with Crippen molar-refractivity contribution in [2.45, 2.75) is 13.3 Å². The van der Waals surface area contributed by atoms with E-state index in [-0.39, 0.29) is 25.1 Å². The van der Waals surface area contributed by atoms with E-state index in [0.29, 0.717) is 28.9 Å². The highest BCUT2D eigenvalue weighted by Gasteiger charge is 2.12. The molecule has 1 aromatic carbocycles. The zero-order valence-corrected chi connectivity index (χ0v) is 14.3. The fourth-order valence-electron chi connectivity index (χ4n) is 2.14. The van der Waals surface area contributed by atoms with Crippen LogP contribution in [-0.4, -0.2) is 30.3 Å². The standard InChI is InChI=1S/C17H16N2O5S/c1-2-22-16(21)8-12-9-25-17(18-12)19-15(20)6-4-11-3-5-13-14(7-11)24-10-23-13/h3-7,9H,2,8,10H2,1H3,(H,18,19,20)/b6-4+. The van der Waals surface area contributed by atoms with E-state index in [1.165, 1.54) is 17.4 Å². The molecule has 8 heteroatoms. The summed E-state index contributed by atoms with van der Waals surface area (Å²) in [5.41, 5.74) is 1.39. The Morgan fingerprint density at radius 1 is 1.36 bits per heavy atom. The first kappa shape index (κ1) is 17.0. The number of aromatic nitrogens is 1. The molecule has 2 aromatic rings. The minimum absolute atomic E-state index is 0.0905. The zero-order chi connectivity index (χ0) is 17.6. The number of fused-ring (bicyclic) bond motifs is 1. The second-order valence-corrected chi connectivity index (χ2v) is 5.92. The quantitative estimate of drug-likeness (QED) is 0.629. The number of nitrogens with zero attached hydrogens (tertiary/aromatic N) is 1. The van der Waals surface area contributed by atoms with Crippen molar-refractivity contribution in [3.8, 4) is 11.5 Å². The average molecular weight is 360 g/mol. The van der Waals surface area contributed by atoms with Crippen LogP contribution in [0.4, 0.5) is 5.13 Å². The van der Waals surface area contributed by atoms with Gasteiger partial charge in [0.05, 0.1) is 18.7 Å². The van der Waals surface area contributed by atoms with Gasteiger partial charge in [-0.2, -0.15) is 0 Å². The van der Waals surface area contributed by atoms with Crippen molar-refractivity contribution in [2.75, 3.05) is 18.7 Å². The van der Waals surface area contributed by atoms with Crippen LogP contribution in [0.25, 0.3) is 6.08 Å². The maximum atomic E-state index is 12.0. The lowest BCUT2D eigenvalue weighted by molar-refractivity contribution is -0.142. The number of anilines is 1. The van der Waals surface area contributed by atoms with Crippen LogP contribution in [0.1, 0.15) is 18.2 Å². The molecule has 0 unspecified atom stereocenters. The molecule has 1 N–H and O–H groups in total. The van der Waals surface area contributed by atoms with E-state index in [1.54, 1.807) is 30.5 Å². The molecule has 0 bridgehead atoms. The summed E-state index contributed by atoms with van der Waals surface area (Å²) in [7, 11) is 0. The van der Waals surface area contributed by atoms with Gasteiger partial charge in [0.1, 0.15) is 0 Å². The molecule has 130 valence electrons. The zero-order valence-electron chi connectivity index (χ0n) is 13.5. The minimum Gasteiger partial charge on any atom is -0.466 e. The molecule has 2 heterocycles. The summed E-state index contributed by atoms with van der Waals surface area (Å²) in [6, 6.07) is 5.42. The maximum absolute atomic E-state index is 12.0. The summed E-state index contributed by atoms with van der Waals surface area (Å²) in [5, 5.41) is 4.81. The molecule has 1 aliphatic heterocycles. The summed E-state index contributed by atoms with van der Waals surface area (Å²) in [5.74, 6) is 0.702. The van der Waals surface area contributed by atoms with Crippen molar-refractivity contribution >= 4 is 34.4 Å². The molecule has 0 atom stereocenters. The first-order valence-corrected chi connectivity index (χ1v) is 8.50. The van der Waals surface area contributed by atoms with Gasteiger partial charge in [-0.05, 0) is 30.7 Å². The van der Waals surface area contributed by atoms with Gasteiger partial charge in [-0.1, -0.05) is 6.07 Å². The number of carbonyl (C=O) groups excluding carboxylic acids is 2. The highest BCUT2D eigenvalue weighted by Crippen LogP contribution is 2.32. The third-order valence-corrected chi connectivity index (χ3v) is 4.04. The van der Waals surface area contributed by atoms with Crippen molar-refractivity contribution in [3.63, 3.8) is 0 Å². The number of ether oxygens (including phenoxy) is 3. The molecular weight excluding hydrogens is 344 g/mol. The van der Waals surface area contributed by atoms with Gasteiger partial charge in [-0.15, -0.1) is 11.3 Å². The highest BCUT2D eigenvalue weighted by atomic mass is 32.1. The number of hydrogen-bond donors (Lipinski definition) is 1. The molecule has 25 heavy (non-hydrogen) atoms. The lowest BCUT2D eigenvalue weighted by atomic mass is 10.2. The molecule has 0 saturated heterocycles. The first-order chi connectivity index (χ1) is 12.1. The maximum Gasteiger partial charge on any atom is 0.311 e. The number of thiazole rings is 1. The second-order valence-electron chi connectivity index (χ2n) is 5.06. The summed E-state index contributed by atoms with van der Waals surface area (Å²) < 4.78 is 15.4. The molecule has 1 amide bonds. The Bertz CT molecular complexity index is 815. The third-order valence-electron chi connectivity index (χ3n) is 3.24. The minimum atomic E-state index is -0.339. The number of rotatable bonds is 6. The van der Waals surface area contributed by atoms with Gasteiger partial charge in [0.15, 0.2) is 16.6 Å². The van der Waals surface area contributed by atoms with Crippen LogP contribution in [-0.2, 0) is 20.7 Å². The van der Waals surface area contributed by atoms with Gasteiger partial charge in [0.2, 0.25) is 12.7 Å². The molecule has 0 spiro atoms. The van der Waals surface area contributed by atoms with Gasteiger partial charge in [-0.3, -0.25) is 14.9 Å². The smallest absolute Gasteiger partial charge is 0.311 e. The second kappa shape index (κ2) is 7.80. The monoisotopic (exact) mass is 360 g/mol. The van der Waals surface area contributed by atoms with Gasteiger partial charge in [-0.25, -0.2) is 4.98 Å². The normalized spacial score (nSPS) is 12.4. The number of amides is 1. The van der Waals surface area contributed by atoms with E-state index in [1.807, 2.05) is 6.07 Å². The lowest BCUT2D eigenvalue weighted by Crippen LogP contribution is -2.09. The van der Waals surface area contributed by atoms with Crippen LogP contribution >= 0.6 is 11.3 Å². The fourth-order valence-corrected chi connectivity index (χ4v) is 2.85. The molecule has 7 nitrogen and oxygen atoms in total.